The number of hydrogen-bond acceptors (Lipinski definition) is 6. The van der Waals surface area contributed by atoms with Gasteiger partial charge in [-0.3, -0.25) is 4.90 Å². The van der Waals surface area contributed by atoms with Gasteiger partial charge in [-0.2, -0.15) is 5.10 Å². The van der Waals surface area contributed by atoms with Gasteiger partial charge in [-0.15, -0.1) is 0 Å². The predicted octanol–water partition coefficient (Wildman–Crippen LogP) is 2.00. The Morgan fingerprint density at radius 2 is 2.18 bits per heavy atom. The Morgan fingerprint density at radius 3 is 3.11 bits per heavy atom. The van der Waals surface area contributed by atoms with Gasteiger partial charge in [0.2, 0.25) is 0 Å². The number of benzene rings is 1. The molecule has 0 saturated carbocycles. The fourth-order valence-electron chi connectivity index (χ4n) is 3.95. The molecule has 4 bridgehead atoms. The molecule has 4 heterocycles. The molecule has 3 aromatic rings. The Bertz CT molecular complexity index is 1010. The third-order valence-corrected chi connectivity index (χ3v) is 5.47. The third kappa shape index (κ3) is 3.18. The topological polar surface area (TPSA) is 66.7 Å². The summed E-state index contributed by atoms with van der Waals surface area (Å²) >= 11 is 0. The molecule has 1 saturated heterocycles. The molecule has 0 amide bonds. The summed E-state index contributed by atoms with van der Waals surface area (Å²) in [5.41, 5.74) is 1.71. The molecule has 146 valence electrons. The molecule has 0 radical (unpaired) electrons. The number of ether oxygens (including phenoxy) is 1. The lowest BCUT2D eigenvalue weighted by Gasteiger charge is -2.39. The highest BCUT2D eigenvalue weighted by molar-refractivity contribution is 5.78. The first kappa shape index (κ1) is 17.4. The van der Waals surface area contributed by atoms with E-state index in [4.69, 9.17) is 4.74 Å². The van der Waals surface area contributed by atoms with E-state index >= 15 is 0 Å². The zero-order chi connectivity index (χ0) is 19.1. The van der Waals surface area contributed by atoms with Crippen LogP contribution >= 0.6 is 0 Å². The molecule has 1 aromatic carbocycles. The lowest BCUT2D eigenvalue weighted by molar-refractivity contribution is 0.0966. The maximum absolute atomic E-state index is 14.6. The average Bonchev–Trinajstić information content (AvgIpc) is 3.11. The predicted molar refractivity (Wildman–Crippen MR) is 105 cm³/mol. The van der Waals surface area contributed by atoms with E-state index in [0.717, 1.165) is 32.0 Å². The van der Waals surface area contributed by atoms with Gasteiger partial charge in [0.15, 0.2) is 5.65 Å². The normalized spacial score (nSPS) is 22.9. The van der Waals surface area contributed by atoms with Crippen molar-refractivity contribution in [2.45, 2.75) is 19.0 Å². The highest BCUT2D eigenvalue weighted by Gasteiger charge is 2.26. The summed E-state index contributed by atoms with van der Waals surface area (Å²) in [6, 6.07) is 7.46. The molecule has 2 aliphatic heterocycles. The molecule has 1 fully saturated rings. The van der Waals surface area contributed by atoms with Crippen LogP contribution in [0.15, 0.2) is 36.7 Å². The summed E-state index contributed by atoms with van der Waals surface area (Å²) in [5, 5.41) is 11.2. The summed E-state index contributed by atoms with van der Waals surface area (Å²) in [5.74, 6) is 1.10. The van der Waals surface area contributed by atoms with Gasteiger partial charge in [-0.1, -0.05) is 0 Å². The second-order valence-electron chi connectivity index (χ2n) is 7.48. The van der Waals surface area contributed by atoms with Crippen LogP contribution in [0.2, 0.25) is 0 Å². The highest BCUT2D eigenvalue weighted by Crippen LogP contribution is 2.30. The molecule has 2 atom stereocenters. The summed E-state index contributed by atoms with van der Waals surface area (Å²) in [4.78, 5) is 7.11. The Hall–Kier alpha value is -2.71. The van der Waals surface area contributed by atoms with E-state index in [-0.39, 0.29) is 11.9 Å². The molecule has 0 unspecified atom stereocenters. The SMILES string of the molecule is C[C@H]1CN2CCNc3ccn4ncc(c4n3)-c3cc(ccc3F)OC[C@H]2CN1. The van der Waals surface area contributed by atoms with Gasteiger partial charge in [-0.05, 0) is 31.2 Å². The standard InChI is InChI=1S/C20H23FN6O/c1-13-11-26-7-5-22-19-4-6-27-20(25-19)17(10-24-27)16-8-15(2-3-18(16)21)28-12-14(26)9-23-13/h2-4,6,8,10,13-14,23H,5,7,9,11-12H2,1H3,(H,22,25)/t13-,14+/m0/s1. The minimum Gasteiger partial charge on any atom is -0.492 e. The number of rotatable bonds is 0. The summed E-state index contributed by atoms with van der Waals surface area (Å²) < 4.78 is 22.3. The molecule has 0 spiro atoms. The van der Waals surface area contributed by atoms with E-state index in [1.165, 1.54) is 6.07 Å². The smallest absolute Gasteiger partial charge is 0.165 e. The van der Waals surface area contributed by atoms with Gasteiger partial charge in [-0.25, -0.2) is 13.9 Å². The molecule has 2 N–H and O–H groups in total. The van der Waals surface area contributed by atoms with Crippen LogP contribution in [0.5, 0.6) is 5.75 Å². The Labute approximate surface area is 162 Å². The molecule has 0 aliphatic carbocycles. The van der Waals surface area contributed by atoms with Crippen LogP contribution in [0.4, 0.5) is 10.2 Å². The van der Waals surface area contributed by atoms with Crippen molar-refractivity contribution >= 4 is 11.5 Å². The molecule has 2 aromatic heterocycles. The average molecular weight is 382 g/mol. The van der Waals surface area contributed by atoms with Gasteiger partial charge >= 0.3 is 0 Å². The number of aromatic nitrogens is 3. The summed E-state index contributed by atoms with van der Waals surface area (Å²) in [6.07, 6.45) is 3.49. The van der Waals surface area contributed by atoms with Crippen molar-refractivity contribution in [1.82, 2.24) is 24.8 Å². The fraction of sp³-hybridized carbons (Fsp3) is 0.400. The van der Waals surface area contributed by atoms with E-state index in [0.29, 0.717) is 35.2 Å². The number of hydrogen-bond donors (Lipinski definition) is 2. The number of fused-ring (bicyclic) bond motifs is 5. The number of nitrogens with one attached hydrogen (secondary N) is 2. The third-order valence-electron chi connectivity index (χ3n) is 5.47. The maximum atomic E-state index is 14.6. The highest BCUT2D eigenvalue weighted by atomic mass is 19.1. The van der Waals surface area contributed by atoms with Crippen molar-refractivity contribution in [3.8, 4) is 16.9 Å². The zero-order valence-electron chi connectivity index (χ0n) is 15.7. The van der Waals surface area contributed by atoms with Crippen LogP contribution in [-0.4, -0.2) is 64.4 Å². The minimum atomic E-state index is -0.315. The second kappa shape index (κ2) is 7.03. The van der Waals surface area contributed by atoms with Crippen molar-refractivity contribution in [2.75, 3.05) is 38.1 Å². The van der Waals surface area contributed by atoms with Gasteiger partial charge in [0.05, 0.1) is 12.2 Å². The monoisotopic (exact) mass is 382 g/mol. The minimum absolute atomic E-state index is 0.261. The van der Waals surface area contributed by atoms with Crippen molar-refractivity contribution in [1.29, 1.82) is 0 Å². The van der Waals surface area contributed by atoms with E-state index in [1.807, 2.05) is 12.3 Å². The Balaban J connectivity index is 1.57. The van der Waals surface area contributed by atoms with E-state index in [2.05, 4.69) is 32.5 Å². The largest absolute Gasteiger partial charge is 0.492 e. The molecule has 7 nitrogen and oxygen atoms in total. The molecule has 5 rings (SSSR count). The second-order valence-corrected chi connectivity index (χ2v) is 7.48. The molecular formula is C20H23FN6O. The quantitative estimate of drug-likeness (QED) is 0.620. The molecule has 8 heteroatoms. The Kier molecular flexibility index (Phi) is 4.37. The van der Waals surface area contributed by atoms with Crippen LogP contribution in [0, 0.1) is 5.82 Å². The first-order chi connectivity index (χ1) is 13.7. The van der Waals surface area contributed by atoms with Crippen LogP contribution in [0.25, 0.3) is 16.8 Å². The molecule has 2 aliphatic rings. The van der Waals surface area contributed by atoms with Crippen LogP contribution < -0.4 is 15.4 Å². The molecule has 28 heavy (non-hydrogen) atoms. The van der Waals surface area contributed by atoms with E-state index in [1.54, 1.807) is 22.8 Å². The number of anilines is 1. The van der Waals surface area contributed by atoms with Crippen molar-refractivity contribution in [3.05, 3.63) is 42.5 Å². The van der Waals surface area contributed by atoms with Crippen LogP contribution in [-0.2, 0) is 0 Å². The summed E-state index contributed by atoms with van der Waals surface area (Å²) in [7, 11) is 0. The van der Waals surface area contributed by atoms with E-state index < -0.39 is 0 Å². The van der Waals surface area contributed by atoms with E-state index in [9.17, 15) is 4.39 Å². The number of halogens is 1. The van der Waals surface area contributed by atoms with Crippen molar-refractivity contribution in [3.63, 3.8) is 0 Å². The van der Waals surface area contributed by atoms with Crippen molar-refractivity contribution in [2.24, 2.45) is 0 Å². The Morgan fingerprint density at radius 1 is 1.25 bits per heavy atom. The zero-order valence-corrected chi connectivity index (χ0v) is 15.7. The summed E-state index contributed by atoms with van der Waals surface area (Å²) in [6.45, 7) is 6.25. The van der Waals surface area contributed by atoms with Gasteiger partial charge in [0, 0.05) is 49.5 Å². The maximum Gasteiger partial charge on any atom is 0.165 e. The molecular weight excluding hydrogens is 359 g/mol. The lowest BCUT2D eigenvalue weighted by atomic mass is 10.1. The van der Waals surface area contributed by atoms with Crippen LogP contribution in [0.3, 0.4) is 0 Å². The van der Waals surface area contributed by atoms with Gasteiger partial charge in [0.1, 0.15) is 24.0 Å². The van der Waals surface area contributed by atoms with Gasteiger partial charge in [0.25, 0.3) is 0 Å². The van der Waals surface area contributed by atoms with Crippen molar-refractivity contribution < 1.29 is 9.13 Å². The van der Waals surface area contributed by atoms with Gasteiger partial charge < -0.3 is 15.4 Å². The lowest BCUT2D eigenvalue weighted by Crippen LogP contribution is -2.58. The number of nitrogens with zero attached hydrogens (tertiary/aromatic N) is 4. The number of piperazine rings is 1. The fourth-order valence-corrected chi connectivity index (χ4v) is 3.95. The first-order valence-corrected chi connectivity index (χ1v) is 9.66. The van der Waals surface area contributed by atoms with Crippen LogP contribution in [0.1, 0.15) is 6.92 Å². The first-order valence-electron chi connectivity index (χ1n) is 9.66.